The first-order valence-electron chi connectivity index (χ1n) is 5.42. The van der Waals surface area contributed by atoms with E-state index in [1.165, 1.54) is 32.1 Å². The van der Waals surface area contributed by atoms with Gasteiger partial charge in [-0.15, -0.1) is 0 Å². The quantitative estimate of drug-likeness (QED) is 0.690. The van der Waals surface area contributed by atoms with Gasteiger partial charge in [0.15, 0.2) is 0 Å². The Balaban J connectivity index is 2.21. The van der Waals surface area contributed by atoms with Crippen LogP contribution >= 0.6 is 0 Å². The minimum Gasteiger partial charge on any atom is -0.393 e. The predicted molar refractivity (Wildman–Crippen MR) is 52.0 cm³/mol. The number of aliphatic hydroxyl groups is 1. The summed E-state index contributed by atoms with van der Waals surface area (Å²) in [5, 5.41) is 9.52. The fourth-order valence-corrected chi connectivity index (χ4v) is 2.25. The summed E-state index contributed by atoms with van der Waals surface area (Å²) in [4.78, 5) is 0. The second kappa shape index (κ2) is 4.86. The molecule has 0 aromatic carbocycles. The summed E-state index contributed by atoms with van der Waals surface area (Å²) >= 11 is 0. The van der Waals surface area contributed by atoms with Crippen LogP contribution in [0, 0.1) is 11.8 Å². The normalized spacial score (nSPS) is 36.8. The van der Waals surface area contributed by atoms with Crippen LogP contribution in [0.15, 0.2) is 0 Å². The lowest BCUT2D eigenvalue weighted by Gasteiger charge is -2.30. The molecular weight excluding hydrogens is 148 g/mol. The van der Waals surface area contributed by atoms with Crippen LogP contribution in [-0.4, -0.2) is 11.2 Å². The van der Waals surface area contributed by atoms with E-state index in [4.69, 9.17) is 0 Å². The Morgan fingerprint density at radius 3 is 2.67 bits per heavy atom. The zero-order valence-corrected chi connectivity index (χ0v) is 8.42. The van der Waals surface area contributed by atoms with Crippen molar-refractivity contribution in [2.45, 2.75) is 58.5 Å². The van der Waals surface area contributed by atoms with Crippen molar-refractivity contribution in [2.24, 2.45) is 11.8 Å². The molecule has 3 unspecified atom stereocenters. The summed E-state index contributed by atoms with van der Waals surface area (Å²) < 4.78 is 0. The summed E-state index contributed by atoms with van der Waals surface area (Å²) in [6.07, 6.45) is 7.60. The van der Waals surface area contributed by atoms with Gasteiger partial charge in [-0.1, -0.05) is 33.1 Å². The van der Waals surface area contributed by atoms with Crippen LogP contribution in [-0.2, 0) is 0 Å². The first-order valence-corrected chi connectivity index (χ1v) is 5.42. The van der Waals surface area contributed by atoms with Gasteiger partial charge >= 0.3 is 0 Å². The van der Waals surface area contributed by atoms with Crippen molar-refractivity contribution in [1.29, 1.82) is 0 Å². The van der Waals surface area contributed by atoms with Crippen molar-refractivity contribution < 1.29 is 5.11 Å². The third kappa shape index (κ3) is 2.78. The van der Waals surface area contributed by atoms with Crippen LogP contribution in [0.25, 0.3) is 0 Å². The third-order valence-corrected chi connectivity index (χ3v) is 3.20. The van der Waals surface area contributed by atoms with Crippen molar-refractivity contribution in [1.82, 2.24) is 0 Å². The lowest BCUT2D eigenvalue weighted by atomic mass is 9.78. The molecule has 0 aromatic heterocycles. The second-order valence-electron chi connectivity index (χ2n) is 4.37. The molecule has 0 aliphatic heterocycles. The van der Waals surface area contributed by atoms with Crippen LogP contribution in [0.3, 0.4) is 0 Å². The highest BCUT2D eigenvalue weighted by Gasteiger charge is 2.24. The zero-order valence-electron chi connectivity index (χ0n) is 8.42. The van der Waals surface area contributed by atoms with Gasteiger partial charge < -0.3 is 5.11 Å². The highest BCUT2D eigenvalue weighted by atomic mass is 16.3. The van der Waals surface area contributed by atoms with Crippen LogP contribution in [0.5, 0.6) is 0 Å². The fraction of sp³-hybridized carbons (Fsp3) is 1.00. The van der Waals surface area contributed by atoms with Crippen molar-refractivity contribution in [2.75, 3.05) is 0 Å². The maximum absolute atomic E-state index is 9.52. The summed E-state index contributed by atoms with van der Waals surface area (Å²) in [5.41, 5.74) is 0. The Morgan fingerprint density at radius 2 is 2.08 bits per heavy atom. The lowest BCUT2D eigenvalue weighted by Crippen LogP contribution is -2.26. The summed E-state index contributed by atoms with van der Waals surface area (Å²) in [7, 11) is 0. The molecule has 1 heteroatoms. The molecule has 1 aliphatic rings. The van der Waals surface area contributed by atoms with Crippen LogP contribution in [0.2, 0.25) is 0 Å². The molecular formula is C11H22O. The standard InChI is InChI=1S/C11H22O/c1-3-4-5-10-6-7-11(12)9(2)8-10/h9-12H,3-8H2,1-2H3. The van der Waals surface area contributed by atoms with Gasteiger partial charge in [-0.2, -0.15) is 0 Å². The van der Waals surface area contributed by atoms with Gasteiger partial charge in [-0.25, -0.2) is 0 Å². The average molecular weight is 170 g/mol. The molecule has 0 saturated heterocycles. The topological polar surface area (TPSA) is 20.2 Å². The number of hydrogen-bond donors (Lipinski definition) is 1. The molecule has 1 aliphatic carbocycles. The van der Waals surface area contributed by atoms with Gasteiger partial charge in [0.2, 0.25) is 0 Å². The Hall–Kier alpha value is -0.0400. The van der Waals surface area contributed by atoms with Gasteiger partial charge in [0, 0.05) is 0 Å². The third-order valence-electron chi connectivity index (χ3n) is 3.20. The van der Waals surface area contributed by atoms with Gasteiger partial charge in [0.1, 0.15) is 0 Å². The van der Waals surface area contributed by atoms with Crippen molar-refractivity contribution in [3.05, 3.63) is 0 Å². The predicted octanol–water partition coefficient (Wildman–Crippen LogP) is 2.97. The molecule has 0 bridgehead atoms. The van der Waals surface area contributed by atoms with E-state index in [1.807, 2.05) is 0 Å². The number of aliphatic hydroxyl groups excluding tert-OH is 1. The SMILES string of the molecule is CCCCC1CCC(O)C(C)C1. The molecule has 1 nitrogen and oxygen atoms in total. The summed E-state index contributed by atoms with van der Waals surface area (Å²) in [6.45, 7) is 4.43. The Kier molecular flexibility index (Phi) is 4.07. The molecule has 0 radical (unpaired) electrons. The Morgan fingerprint density at radius 1 is 1.33 bits per heavy atom. The lowest BCUT2D eigenvalue weighted by molar-refractivity contribution is 0.0549. The molecule has 0 amide bonds. The van der Waals surface area contributed by atoms with E-state index in [9.17, 15) is 5.11 Å². The molecule has 12 heavy (non-hydrogen) atoms. The summed E-state index contributed by atoms with van der Waals surface area (Å²) in [6, 6.07) is 0. The average Bonchev–Trinajstić information content (AvgIpc) is 2.07. The van der Waals surface area contributed by atoms with E-state index >= 15 is 0 Å². The summed E-state index contributed by atoms with van der Waals surface area (Å²) in [5.74, 6) is 1.45. The largest absolute Gasteiger partial charge is 0.393 e. The molecule has 1 rings (SSSR count). The van der Waals surface area contributed by atoms with E-state index in [2.05, 4.69) is 13.8 Å². The van der Waals surface area contributed by atoms with Gasteiger partial charge in [-0.05, 0) is 31.1 Å². The van der Waals surface area contributed by atoms with Crippen LogP contribution < -0.4 is 0 Å². The minimum absolute atomic E-state index is 0.0112. The highest BCUT2D eigenvalue weighted by molar-refractivity contribution is 4.76. The molecule has 0 aromatic rings. The van der Waals surface area contributed by atoms with Crippen molar-refractivity contribution >= 4 is 0 Å². The molecule has 0 spiro atoms. The van der Waals surface area contributed by atoms with Gasteiger partial charge in [0.25, 0.3) is 0 Å². The first kappa shape index (κ1) is 10.0. The molecule has 0 heterocycles. The van der Waals surface area contributed by atoms with Gasteiger partial charge in [-0.3, -0.25) is 0 Å². The van der Waals surface area contributed by atoms with E-state index < -0.39 is 0 Å². The maximum atomic E-state index is 9.52. The molecule has 1 fully saturated rings. The van der Waals surface area contributed by atoms with E-state index in [-0.39, 0.29) is 6.10 Å². The zero-order chi connectivity index (χ0) is 8.97. The van der Waals surface area contributed by atoms with Crippen molar-refractivity contribution in [3.63, 3.8) is 0 Å². The van der Waals surface area contributed by atoms with Crippen molar-refractivity contribution in [3.8, 4) is 0 Å². The molecule has 3 atom stereocenters. The Bertz CT molecular complexity index is 120. The van der Waals surface area contributed by atoms with E-state index in [1.54, 1.807) is 0 Å². The number of unbranched alkanes of at least 4 members (excludes halogenated alkanes) is 1. The van der Waals surface area contributed by atoms with Crippen LogP contribution in [0.1, 0.15) is 52.4 Å². The molecule has 1 saturated carbocycles. The first-order chi connectivity index (χ1) is 5.74. The smallest absolute Gasteiger partial charge is 0.0566 e. The monoisotopic (exact) mass is 170 g/mol. The number of rotatable bonds is 3. The second-order valence-corrected chi connectivity index (χ2v) is 4.37. The fourth-order valence-electron chi connectivity index (χ4n) is 2.25. The van der Waals surface area contributed by atoms with E-state index in [0.717, 1.165) is 12.3 Å². The molecule has 1 N–H and O–H groups in total. The highest BCUT2D eigenvalue weighted by Crippen LogP contribution is 2.31. The van der Waals surface area contributed by atoms with E-state index in [0.29, 0.717) is 5.92 Å². The Labute approximate surface area is 76.2 Å². The minimum atomic E-state index is -0.0112. The number of hydrogen-bond acceptors (Lipinski definition) is 1. The van der Waals surface area contributed by atoms with Gasteiger partial charge in [0.05, 0.1) is 6.10 Å². The molecule has 72 valence electrons. The maximum Gasteiger partial charge on any atom is 0.0566 e. The van der Waals surface area contributed by atoms with Crippen LogP contribution in [0.4, 0.5) is 0 Å².